The Labute approximate surface area is 186 Å². The Morgan fingerprint density at radius 3 is 1.57 bits per heavy atom. The van der Waals surface area contributed by atoms with Gasteiger partial charge in [0.25, 0.3) is 0 Å². The fraction of sp³-hybridized carbons (Fsp3) is 0.923. The zero-order chi connectivity index (χ0) is 22.3. The van der Waals surface area contributed by atoms with Crippen LogP contribution in [0.15, 0.2) is 0 Å². The highest BCUT2D eigenvalue weighted by Crippen LogP contribution is 2.17. The van der Waals surface area contributed by atoms with Crippen molar-refractivity contribution in [2.75, 3.05) is 0 Å². The van der Waals surface area contributed by atoms with Gasteiger partial charge in [-0.25, -0.2) is 0 Å². The average Bonchev–Trinajstić information content (AvgIpc) is 2.72. The van der Waals surface area contributed by atoms with Crippen molar-refractivity contribution in [2.24, 2.45) is 0 Å². The third kappa shape index (κ3) is 21.6. The zero-order valence-electron chi connectivity index (χ0n) is 20.1. The van der Waals surface area contributed by atoms with Crippen molar-refractivity contribution in [3.05, 3.63) is 0 Å². The van der Waals surface area contributed by atoms with Crippen LogP contribution in [0, 0.1) is 0 Å². The summed E-state index contributed by atoms with van der Waals surface area (Å²) in [6.07, 6.45) is 22.9. The summed E-state index contributed by atoms with van der Waals surface area (Å²) in [5, 5.41) is 8.70. The van der Waals surface area contributed by atoms with Gasteiger partial charge in [-0.05, 0) is 32.1 Å². The predicted octanol–water partition coefficient (Wildman–Crippen LogP) is 8.21. The summed E-state index contributed by atoms with van der Waals surface area (Å²) in [6, 6.07) is 0. The van der Waals surface area contributed by atoms with Gasteiger partial charge in [-0.15, -0.1) is 0 Å². The van der Waals surface area contributed by atoms with Crippen molar-refractivity contribution in [2.45, 2.75) is 155 Å². The van der Waals surface area contributed by atoms with Crippen LogP contribution in [0.1, 0.15) is 149 Å². The molecule has 0 fully saturated rings. The molecule has 1 N–H and O–H groups in total. The van der Waals surface area contributed by atoms with Gasteiger partial charge in [-0.3, -0.25) is 9.59 Å². The maximum absolute atomic E-state index is 12.2. The Morgan fingerprint density at radius 1 is 0.600 bits per heavy atom. The number of carbonyl (C=O) groups is 2. The fourth-order valence-corrected chi connectivity index (χ4v) is 3.87. The molecule has 0 aromatic heterocycles. The molecule has 30 heavy (non-hydrogen) atoms. The van der Waals surface area contributed by atoms with Gasteiger partial charge in [0.1, 0.15) is 6.10 Å². The van der Waals surface area contributed by atoms with Crippen LogP contribution in [-0.4, -0.2) is 23.1 Å². The lowest BCUT2D eigenvalue weighted by Crippen LogP contribution is -2.18. The molecule has 0 spiro atoms. The largest absolute Gasteiger partial charge is 0.481 e. The highest BCUT2D eigenvalue weighted by Gasteiger charge is 2.14. The normalized spacial score (nSPS) is 12.1. The third-order valence-corrected chi connectivity index (χ3v) is 5.83. The fourth-order valence-electron chi connectivity index (χ4n) is 3.87. The second-order valence-electron chi connectivity index (χ2n) is 8.89. The minimum Gasteiger partial charge on any atom is -0.481 e. The number of carbonyl (C=O) groups excluding carboxylic acids is 1. The summed E-state index contributed by atoms with van der Waals surface area (Å²) < 4.78 is 5.72. The van der Waals surface area contributed by atoms with Crippen molar-refractivity contribution in [3.63, 3.8) is 0 Å². The molecule has 4 nitrogen and oxygen atoms in total. The molecular formula is C26H50O4. The molecule has 0 aromatic rings. The summed E-state index contributed by atoms with van der Waals surface area (Å²) in [4.78, 5) is 22.7. The molecule has 0 rings (SSSR count). The Morgan fingerprint density at radius 2 is 1.03 bits per heavy atom. The van der Waals surface area contributed by atoms with Gasteiger partial charge >= 0.3 is 11.9 Å². The van der Waals surface area contributed by atoms with E-state index in [2.05, 4.69) is 13.8 Å². The van der Waals surface area contributed by atoms with Crippen LogP contribution in [-0.2, 0) is 14.3 Å². The van der Waals surface area contributed by atoms with Gasteiger partial charge in [-0.2, -0.15) is 0 Å². The second-order valence-corrected chi connectivity index (χ2v) is 8.89. The van der Waals surface area contributed by atoms with Crippen LogP contribution < -0.4 is 0 Å². The van der Waals surface area contributed by atoms with Gasteiger partial charge < -0.3 is 9.84 Å². The Hall–Kier alpha value is -1.06. The van der Waals surface area contributed by atoms with Gasteiger partial charge in [0, 0.05) is 12.8 Å². The lowest BCUT2D eigenvalue weighted by Gasteiger charge is -2.17. The van der Waals surface area contributed by atoms with E-state index < -0.39 is 5.97 Å². The molecule has 0 aliphatic heterocycles. The van der Waals surface area contributed by atoms with Crippen LogP contribution in [0.3, 0.4) is 0 Å². The summed E-state index contributed by atoms with van der Waals surface area (Å²) in [6.45, 7) is 4.41. The molecule has 0 aromatic carbocycles. The van der Waals surface area contributed by atoms with Crippen LogP contribution in [0.25, 0.3) is 0 Å². The van der Waals surface area contributed by atoms with Crippen LogP contribution in [0.2, 0.25) is 0 Å². The number of aliphatic carboxylic acids is 1. The molecule has 0 aliphatic rings. The number of unbranched alkanes of at least 4 members (excludes halogenated alkanes) is 14. The summed E-state index contributed by atoms with van der Waals surface area (Å²) in [7, 11) is 0. The minimum atomic E-state index is -0.730. The quantitative estimate of drug-likeness (QED) is 0.132. The van der Waals surface area contributed by atoms with Gasteiger partial charge in [0.05, 0.1) is 0 Å². The van der Waals surface area contributed by atoms with Crippen LogP contribution in [0.4, 0.5) is 0 Å². The first-order valence-corrected chi connectivity index (χ1v) is 13.0. The standard InChI is InChI=1S/C26H50O4/c1-3-5-7-8-9-10-11-12-13-14-15-19-23-26(29)30-24(20-6-4-2)21-17-16-18-22-25(27)28/h24H,3-23H2,1-2H3,(H,27,28). The summed E-state index contributed by atoms with van der Waals surface area (Å²) >= 11 is 0. The van der Waals surface area contributed by atoms with E-state index in [0.29, 0.717) is 12.8 Å². The first-order valence-electron chi connectivity index (χ1n) is 13.0. The van der Waals surface area contributed by atoms with E-state index in [1.807, 2.05) is 0 Å². The molecule has 4 heteroatoms. The van der Waals surface area contributed by atoms with E-state index in [1.54, 1.807) is 0 Å². The first kappa shape index (κ1) is 28.9. The van der Waals surface area contributed by atoms with E-state index in [0.717, 1.165) is 51.4 Å². The number of rotatable bonds is 23. The van der Waals surface area contributed by atoms with E-state index in [-0.39, 0.29) is 18.5 Å². The molecule has 1 unspecified atom stereocenters. The molecule has 0 saturated heterocycles. The molecule has 0 saturated carbocycles. The Balaban J connectivity index is 3.66. The number of hydrogen-bond acceptors (Lipinski definition) is 3. The lowest BCUT2D eigenvalue weighted by molar-refractivity contribution is -0.150. The number of ether oxygens (including phenoxy) is 1. The first-order chi connectivity index (χ1) is 14.6. The third-order valence-electron chi connectivity index (χ3n) is 5.83. The van der Waals surface area contributed by atoms with Crippen LogP contribution >= 0.6 is 0 Å². The average molecular weight is 427 g/mol. The summed E-state index contributed by atoms with van der Waals surface area (Å²) in [5.41, 5.74) is 0. The van der Waals surface area contributed by atoms with E-state index >= 15 is 0 Å². The Kier molecular flexibility index (Phi) is 21.8. The molecule has 0 amide bonds. The second kappa shape index (κ2) is 22.6. The van der Waals surface area contributed by atoms with Crippen molar-refractivity contribution >= 4 is 11.9 Å². The molecule has 0 heterocycles. The van der Waals surface area contributed by atoms with E-state index in [1.165, 1.54) is 64.2 Å². The molecule has 0 aliphatic carbocycles. The number of hydrogen-bond donors (Lipinski definition) is 1. The molecule has 178 valence electrons. The van der Waals surface area contributed by atoms with Crippen molar-refractivity contribution in [1.29, 1.82) is 0 Å². The predicted molar refractivity (Wildman–Crippen MR) is 126 cm³/mol. The van der Waals surface area contributed by atoms with E-state index in [4.69, 9.17) is 9.84 Å². The molecule has 1 atom stereocenters. The van der Waals surface area contributed by atoms with Crippen LogP contribution in [0.5, 0.6) is 0 Å². The van der Waals surface area contributed by atoms with Gasteiger partial charge in [0.2, 0.25) is 0 Å². The summed E-state index contributed by atoms with van der Waals surface area (Å²) in [5.74, 6) is -0.778. The number of esters is 1. The Bertz CT molecular complexity index is 394. The molecule has 0 bridgehead atoms. The molecular weight excluding hydrogens is 376 g/mol. The van der Waals surface area contributed by atoms with E-state index in [9.17, 15) is 9.59 Å². The smallest absolute Gasteiger partial charge is 0.306 e. The highest BCUT2D eigenvalue weighted by atomic mass is 16.5. The highest BCUT2D eigenvalue weighted by molar-refractivity contribution is 5.69. The number of carboxylic acid groups (broad SMARTS) is 1. The monoisotopic (exact) mass is 426 g/mol. The topological polar surface area (TPSA) is 63.6 Å². The zero-order valence-corrected chi connectivity index (χ0v) is 20.1. The maximum Gasteiger partial charge on any atom is 0.306 e. The maximum atomic E-state index is 12.2. The SMILES string of the molecule is CCCCCCCCCCCCCCC(=O)OC(CCCC)CCCCCC(=O)O. The van der Waals surface area contributed by atoms with Crippen molar-refractivity contribution in [1.82, 2.24) is 0 Å². The molecule has 0 radical (unpaired) electrons. The number of carboxylic acids is 1. The minimum absolute atomic E-state index is 0.0135. The van der Waals surface area contributed by atoms with Crippen molar-refractivity contribution < 1.29 is 19.4 Å². The lowest BCUT2D eigenvalue weighted by atomic mass is 10.0. The van der Waals surface area contributed by atoms with Gasteiger partial charge in [0.15, 0.2) is 0 Å². The van der Waals surface area contributed by atoms with Gasteiger partial charge in [-0.1, -0.05) is 104 Å². The van der Waals surface area contributed by atoms with Crippen molar-refractivity contribution in [3.8, 4) is 0 Å².